The summed E-state index contributed by atoms with van der Waals surface area (Å²) < 4.78 is 16.0. The SMILES string of the molecule is COc1ccccc1OCCN1CCOC(C(=O)O)C1. The third kappa shape index (κ3) is 3.85. The number of carboxylic acids is 1. The molecule has 1 saturated heterocycles. The number of carboxylic acid groups (broad SMARTS) is 1. The summed E-state index contributed by atoms with van der Waals surface area (Å²) in [6.07, 6.45) is -0.741. The van der Waals surface area contributed by atoms with Crippen molar-refractivity contribution in [3.8, 4) is 11.5 Å². The van der Waals surface area contributed by atoms with Crippen LogP contribution >= 0.6 is 0 Å². The summed E-state index contributed by atoms with van der Waals surface area (Å²) in [5.74, 6) is 0.469. The number of para-hydroxylation sites is 2. The number of rotatable bonds is 6. The molecule has 20 heavy (non-hydrogen) atoms. The van der Waals surface area contributed by atoms with Gasteiger partial charge in [-0.25, -0.2) is 4.79 Å². The lowest BCUT2D eigenvalue weighted by Crippen LogP contribution is -2.47. The number of carbonyl (C=O) groups is 1. The van der Waals surface area contributed by atoms with E-state index in [2.05, 4.69) is 0 Å². The average molecular weight is 281 g/mol. The topological polar surface area (TPSA) is 68.2 Å². The Kier molecular flexibility index (Phi) is 5.20. The third-order valence-corrected chi connectivity index (χ3v) is 3.16. The zero-order chi connectivity index (χ0) is 14.4. The molecule has 1 N–H and O–H groups in total. The summed E-state index contributed by atoms with van der Waals surface area (Å²) in [4.78, 5) is 12.9. The van der Waals surface area contributed by atoms with E-state index in [1.165, 1.54) is 0 Å². The van der Waals surface area contributed by atoms with E-state index >= 15 is 0 Å². The van der Waals surface area contributed by atoms with Crippen molar-refractivity contribution in [3.05, 3.63) is 24.3 Å². The number of hydrogen-bond acceptors (Lipinski definition) is 5. The van der Waals surface area contributed by atoms with Crippen LogP contribution < -0.4 is 9.47 Å². The Morgan fingerprint density at radius 2 is 2.20 bits per heavy atom. The van der Waals surface area contributed by atoms with Gasteiger partial charge in [0.25, 0.3) is 0 Å². The zero-order valence-corrected chi connectivity index (χ0v) is 11.4. The molecule has 1 unspecified atom stereocenters. The minimum Gasteiger partial charge on any atom is -0.493 e. The molecule has 2 rings (SSSR count). The molecule has 0 bridgehead atoms. The number of benzene rings is 1. The first-order valence-electron chi connectivity index (χ1n) is 6.53. The molecule has 0 amide bonds. The lowest BCUT2D eigenvalue weighted by Gasteiger charge is -2.30. The number of ether oxygens (including phenoxy) is 3. The molecule has 0 aromatic heterocycles. The number of hydrogen-bond donors (Lipinski definition) is 1. The maximum absolute atomic E-state index is 10.9. The molecule has 0 radical (unpaired) electrons. The molecule has 1 aliphatic heterocycles. The van der Waals surface area contributed by atoms with Crippen molar-refractivity contribution < 1.29 is 24.1 Å². The van der Waals surface area contributed by atoms with Crippen molar-refractivity contribution in [2.75, 3.05) is 40.0 Å². The van der Waals surface area contributed by atoms with Gasteiger partial charge < -0.3 is 19.3 Å². The first kappa shape index (κ1) is 14.6. The Morgan fingerprint density at radius 1 is 1.45 bits per heavy atom. The highest BCUT2D eigenvalue weighted by Crippen LogP contribution is 2.25. The van der Waals surface area contributed by atoms with Gasteiger partial charge in [0.05, 0.1) is 13.7 Å². The zero-order valence-electron chi connectivity index (χ0n) is 11.4. The van der Waals surface area contributed by atoms with E-state index in [0.717, 1.165) is 6.54 Å². The molecule has 0 saturated carbocycles. The van der Waals surface area contributed by atoms with Gasteiger partial charge in [-0.05, 0) is 12.1 Å². The van der Waals surface area contributed by atoms with Gasteiger partial charge in [-0.15, -0.1) is 0 Å². The van der Waals surface area contributed by atoms with E-state index in [1.54, 1.807) is 7.11 Å². The number of aliphatic carboxylic acids is 1. The second-order valence-electron chi connectivity index (χ2n) is 4.50. The van der Waals surface area contributed by atoms with Crippen molar-refractivity contribution >= 4 is 5.97 Å². The molecular weight excluding hydrogens is 262 g/mol. The average Bonchev–Trinajstić information content (AvgIpc) is 2.48. The molecule has 1 aliphatic rings. The van der Waals surface area contributed by atoms with Crippen LogP contribution in [-0.2, 0) is 9.53 Å². The normalized spacial score (nSPS) is 19.6. The van der Waals surface area contributed by atoms with E-state index in [-0.39, 0.29) is 0 Å². The molecule has 1 atom stereocenters. The quantitative estimate of drug-likeness (QED) is 0.834. The van der Waals surface area contributed by atoms with Crippen LogP contribution in [0.2, 0.25) is 0 Å². The minimum absolute atomic E-state index is 0.393. The van der Waals surface area contributed by atoms with Crippen molar-refractivity contribution in [1.29, 1.82) is 0 Å². The first-order chi connectivity index (χ1) is 9.70. The maximum atomic E-state index is 10.9. The molecule has 1 fully saturated rings. The van der Waals surface area contributed by atoms with E-state index in [4.69, 9.17) is 19.3 Å². The van der Waals surface area contributed by atoms with Crippen molar-refractivity contribution in [2.24, 2.45) is 0 Å². The predicted molar refractivity (Wildman–Crippen MR) is 72.3 cm³/mol. The van der Waals surface area contributed by atoms with Crippen LogP contribution in [0.25, 0.3) is 0 Å². The van der Waals surface area contributed by atoms with Gasteiger partial charge in [0.1, 0.15) is 6.61 Å². The summed E-state index contributed by atoms with van der Waals surface area (Å²) in [6, 6.07) is 7.45. The Bertz CT molecular complexity index is 451. The van der Waals surface area contributed by atoms with Crippen molar-refractivity contribution in [3.63, 3.8) is 0 Å². The third-order valence-electron chi connectivity index (χ3n) is 3.16. The number of methoxy groups -OCH3 is 1. The Balaban J connectivity index is 1.79. The fourth-order valence-corrected chi connectivity index (χ4v) is 2.08. The molecule has 1 aromatic rings. The smallest absolute Gasteiger partial charge is 0.334 e. The summed E-state index contributed by atoms with van der Waals surface area (Å²) in [6.45, 7) is 2.69. The monoisotopic (exact) mass is 281 g/mol. The van der Waals surface area contributed by atoms with E-state index < -0.39 is 12.1 Å². The molecule has 1 aromatic carbocycles. The van der Waals surface area contributed by atoms with Crippen molar-refractivity contribution in [1.82, 2.24) is 4.90 Å². The van der Waals surface area contributed by atoms with Crippen molar-refractivity contribution in [2.45, 2.75) is 6.10 Å². The van der Waals surface area contributed by atoms with Gasteiger partial charge in [-0.1, -0.05) is 12.1 Å². The Labute approximate surface area is 117 Å². The predicted octanol–water partition coefficient (Wildman–Crippen LogP) is 0.859. The number of morpholine rings is 1. The van der Waals surface area contributed by atoms with Crippen LogP contribution in [0.5, 0.6) is 11.5 Å². The van der Waals surface area contributed by atoms with Crippen LogP contribution in [0, 0.1) is 0 Å². The first-order valence-corrected chi connectivity index (χ1v) is 6.53. The second kappa shape index (κ2) is 7.12. The lowest BCUT2D eigenvalue weighted by atomic mass is 10.3. The van der Waals surface area contributed by atoms with Crippen LogP contribution in [0.4, 0.5) is 0 Å². The van der Waals surface area contributed by atoms with E-state index in [1.807, 2.05) is 29.2 Å². The summed E-state index contributed by atoms with van der Waals surface area (Å²) in [5.41, 5.74) is 0. The highest BCUT2D eigenvalue weighted by atomic mass is 16.5. The Hall–Kier alpha value is -1.79. The maximum Gasteiger partial charge on any atom is 0.334 e. The van der Waals surface area contributed by atoms with Gasteiger partial charge >= 0.3 is 5.97 Å². The van der Waals surface area contributed by atoms with Crippen LogP contribution in [0.1, 0.15) is 0 Å². The van der Waals surface area contributed by atoms with Gasteiger partial charge in [-0.3, -0.25) is 4.90 Å². The summed E-state index contributed by atoms with van der Waals surface area (Å²) in [5, 5.41) is 8.93. The largest absolute Gasteiger partial charge is 0.493 e. The molecule has 6 heteroatoms. The highest BCUT2D eigenvalue weighted by molar-refractivity contribution is 5.72. The molecule has 110 valence electrons. The summed E-state index contributed by atoms with van der Waals surface area (Å²) in [7, 11) is 1.60. The van der Waals surface area contributed by atoms with Gasteiger partial charge in [0, 0.05) is 19.6 Å². The Morgan fingerprint density at radius 3 is 2.90 bits per heavy atom. The number of nitrogens with zero attached hydrogens (tertiary/aromatic N) is 1. The fourth-order valence-electron chi connectivity index (χ4n) is 2.08. The standard InChI is InChI=1S/C14H19NO5/c1-18-11-4-2-3-5-12(11)19-8-6-15-7-9-20-13(10-15)14(16)17/h2-5,13H,6-10H2,1H3,(H,16,17). The van der Waals surface area contributed by atoms with Gasteiger partial charge in [0.15, 0.2) is 17.6 Å². The van der Waals surface area contributed by atoms with E-state index in [9.17, 15) is 4.79 Å². The molecule has 6 nitrogen and oxygen atoms in total. The minimum atomic E-state index is -0.916. The van der Waals surface area contributed by atoms with Gasteiger partial charge in [-0.2, -0.15) is 0 Å². The lowest BCUT2D eigenvalue weighted by molar-refractivity contribution is -0.156. The molecule has 1 heterocycles. The molecular formula is C14H19NO5. The second-order valence-corrected chi connectivity index (χ2v) is 4.50. The van der Waals surface area contributed by atoms with Crippen LogP contribution in [0.15, 0.2) is 24.3 Å². The summed E-state index contributed by atoms with van der Waals surface area (Å²) >= 11 is 0. The molecule has 0 aliphatic carbocycles. The fraction of sp³-hybridized carbons (Fsp3) is 0.500. The molecule has 0 spiro atoms. The van der Waals surface area contributed by atoms with Crippen LogP contribution in [-0.4, -0.2) is 62.0 Å². The van der Waals surface area contributed by atoms with Gasteiger partial charge in [0.2, 0.25) is 0 Å². The van der Waals surface area contributed by atoms with E-state index in [0.29, 0.717) is 37.8 Å². The highest BCUT2D eigenvalue weighted by Gasteiger charge is 2.25. The van der Waals surface area contributed by atoms with Crippen LogP contribution in [0.3, 0.4) is 0 Å².